The molecule has 1 aromatic carbocycles. The van der Waals surface area contributed by atoms with Crippen molar-refractivity contribution in [2.75, 3.05) is 16.0 Å². The van der Waals surface area contributed by atoms with Gasteiger partial charge < -0.3 is 20.4 Å². The van der Waals surface area contributed by atoms with Crippen LogP contribution in [-0.2, 0) is 11.3 Å². The smallest absolute Gasteiger partial charge is 0.275 e. The lowest BCUT2D eigenvalue weighted by Crippen LogP contribution is -2.12. The van der Waals surface area contributed by atoms with Crippen molar-refractivity contribution in [2.24, 2.45) is 0 Å². The lowest BCUT2D eigenvalue weighted by atomic mass is 10.2. The van der Waals surface area contributed by atoms with E-state index in [0.717, 1.165) is 5.76 Å². The van der Waals surface area contributed by atoms with Gasteiger partial charge in [-0.2, -0.15) is 0 Å². The van der Waals surface area contributed by atoms with E-state index in [1.807, 2.05) is 12.1 Å². The van der Waals surface area contributed by atoms with E-state index >= 15 is 0 Å². The molecule has 0 aliphatic carbocycles. The molecule has 0 radical (unpaired) electrons. The molecule has 3 rings (SSSR count). The van der Waals surface area contributed by atoms with Crippen molar-refractivity contribution >= 4 is 39.7 Å². The summed E-state index contributed by atoms with van der Waals surface area (Å²) >= 11 is 1.35. The quantitative estimate of drug-likeness (QED) is 0.627. The summed E-state index contributed by atoms with van der Waals surface area (Å²) in [6.07, 6.45) is 1.61. The van der Waals surface area contributed by atoms with Crippen LogP contribution in [0.25, 0.3) is 0 Å². The molecular weight excluding hydrogens is 340 g/mol. The number of anilines is 3. The summed E-state index contributed by atoms with van der Waals surface area (Å²) in [5.41, 5.74) is 1.62. The highest BCUT2D eigenvalue weighted by molar-refractivity contribution is 7.13. The molecule has 0 spiro atoms. The molecule has 0 aliphatic rings. The van der Waals surface area contributed by atoms with Gasteiger partial charge in [-0.1, -0.05) is 0 Å². The minimum absolute atomic E-state index is 0.145. The molecule has 128 valence electrons. The first-order valence-electron chi connectivity index (χ1n) is 7.51. The molecule has 0 atom stereocenters. The normalized spacial score (nSPS) is 10.3. The first-order chi connectivity index (χ1) is 12.1. The number of hydrogen-bond donors (Lipinski definition) is 3. The number of nitrogens with zero attached hydrogens (tertiary/aromatic N) is 1. The van der Waals surface area contributed by atoms with Crippen LogP contribution in [0.5, 0.6) is 0 Å². The fourth-order valence-electron chi connectivity index (χ4n) is 2.07. The van der Waals surface area contributed by atoms with Crippen LogP contribution in [0.4, 0.5) is 16.5 Å². The first-order valence-corrected chi connectivity index (χ1v) is 8.39. The summed E-state index contributed by atoms with van der Waals surface area (Å²) in [5, 5.41) is 10.9. The van der Waals surface area contributed by atoms with Crippen LogP contribution in [0.2, 0.25) is 0 Å². The van der Waals surface area contributed by atoms with E-state index in [9.17, 15) is 9.59 Å². The number of rotatable bonds is 6. The Morgan fingerprint density at radius 3 is 2.48 bits per heavy atom. The monoisotopic (exact) mass is 356 g/mol. The van der Waals surface area contributed by atoms with Crippen molar-refractivity contribution in [3.63, 3.8) is 0 Å². The van der Waals surface area contributed by atoms with Crippen molar-refractivity contribution in [3.05, 3.63) is 59.5 Å². The van der Waals surface area contributed by atoms with E-state index in [1.54, 1.807) is 35.9 Å². The first kappa shape index (κ1) is 16.7. The third-order valence-electron chi connectivity index (χ3n) is 3.19. The third-order valence-corrected chi connectivity index (χ3v) is 3.99. The Morgan fingerprint density at radius 1 is 1.12 bits per heavy atom. The molecule has 0 bridgehead atoms. The lowest BCUT2D eigenvalue weighted by Gasteiger charge is -2.05. The topological polar surface area (TPSA) is 96.3 Å². The number of aromatic nitrogens is 1. The second-order valence-corrected chi connectivity index (χ2v) is 6.04. The van der Waals surface area contributed by atoms with Gasteiger partial charge >= 0.3 is 0 Å². The predicted molar refractivity (Wildman–Crippen MR) is 96.8 cm³/mol. The van der Waals surface area contributed by atoms with E-state index in [-0.39, 0.29) is 11.8 Å². The van der Waals surface area contributed by atoms with Crippen LogP contribution in [-0.4, -0.2) is 16.8 Å². The number of carbonyl (C=O) groups excluding carboxylic acids is 2. The number of benzene rings is 1. The summed E-state index contributed by atoms with van der Waals surface area (Å²) in [5.74, 6) is 0.351. The Balaban J connectivity index is 1.57. The molecule has 7 nitrogen and oxygen atoms in total. The van der Waals surface area contributed by atoms with Crippen LogP contribution in [0.3, 0.4) is 0 Å². The van der Waals surface area contributed by atoms with Crippen LogP contribution < -0.4 is 16.0 Å². The Kier molecular flexibility index (Phi) is 5.10. The highest BCUT2D eigenvalue weighted by Crippen LogP contribution is 2.19. The maximum absolute atomic E-state index is 12.2. The fraction of sp³-hybridized carbons (Fsp3) is 0.118. The number of amides is 2. The average molecular weight is 356 g/mol. The van der Waals surface area contributed by atoms with E-state index in [1.165, 1.54) is 18.3 Å². The molecule has 25 heavy (non-hydrogen) atoms. The zero-order chi connectivity index (χ0) is 17.6. The van der Waals surface area contributed by atoms with Gasteiger partial charge in [0, 0.05) is 23.7 Å². The Morgan fingerprint density at radius 2 is 1.84 bits per heavy atom. The SMILES string of the molecule is CC(=O)Nc1ccc(NC(=O)c2csc(NCc3ccco3)n2)cc1. The van der Waals surface area contributed by atoms with E-state index in [0.29, 0.717) is 28.7 Å². The second kappa shape index (κ2) is 7.63. The van der Waals surface area contributed by atoms with E-state index < -0.39 is 0 Å². The molecule has 2 aromatic heterocycles. The fourth-order valence-corrected chi connectivity index (χ4v) is 2.76. The van der Waals surface area contributed by atoms with Gasteiger partial charge in [0.15, 0.2) is 5.13 Å². The van der Waals surface area contributed by atoms with Gasteiger partial charge in [-0.05, 0) is 36.4 Å². The summed E-state index contributed by atoms with van der Waals surface area (Å²) in [7, 11) is 0. The Hall–Kier alpha value is -3.13. The molecule has 0 saturated heterocycles. The largest absolute Gasteiger partial charge is 0.467 e. The van der Waals surface area contributed by atoms with Crippen molar-refractivity contribution < 1.29 is 14.0 Å². The van der Waals surface area contributed by atoms with Crippen molar-refractivity contribution in [2.45, 2.75) is 13.5 Å². The minimum Gasteiger partial charge on any atom is -0.467 e. The highest BCUT2D eigenvalue weighted by atomic mass is 32.1. The summed E-state index contributed by atoms with van der Waals surface area (Å²) < 4.78 is 5.23. The maximum atomic E-state index is 12.2. The molecule has 3 N–H and O–H groups in total. The molecule has 0 fully saturated rings. The third kappa shape index (κ3) is 4.67. The summed E-state index contributed by atoms with van der Waals surface area (Å²) in [6.45, 7) is 1.95. The van der Waals surface area contributed by atoms with E-state index in [4.69, 9.17) is 4.42 Å². The Bertz CT molecular complexity index is 856. The zero-order valence-corrected chi connectivity index (χ0v) is 14.2. The van der Waals surface area contributed by atoms with Crippen molar-refractivity contribution in [1.29, 1.82) is 0 Å². The second-order valence-electron chi connectivity index (χ2n) is 5.18. The number of thiazole rings is 1. The van der Waals surface area contributed by atoms with Crippen LogP contribution in [0, 0.1) is 0 Å². The maximum Gasteiger partial charge on any atom is 0.275 e. The predicted octanol–water partition coefficient (Wildman–Crippen LogP) is 3.56. The molecule has 2 amide bonds. The van der Waals surface area contributed by atoms with Gasteiger partial charge in [-0.3, -0.25) is 9.59 Å². The van der Waals surface area contributed by atoms with Crippen LogP contribution >= 0.6 is 11.3 Å². The van der Waals surface area contributed by atoms with Gasteiger partial charge in [-0.15, -0.1) is 11.3 Å². The molecule has 2 heterocycles. The van der Waals surface area contributed by atoms with Crippen molar-refractivity contribution in [1.82, 2.24) is 4.98 Å². The van der Waals surface area contributed by atoms with Gasteiger partial charge in [0.1, 0.15) is 11.5 Å². The zero-order valence-electron chi connectivity index (χ0n) is 13.4. The lowest BCUT2D eigenvalue weighted by molar-refractivity contribution is -0.114. The molecular formula is C17H16N4O3S. The van der Waals surface area contributed by atoms with Crippen LogP contribution in [0.15, 0.2) is 52.5 Å². The minimum atomic E-state index is -0.297. The van der Waals surface area contributed by atoms with Crippen molar-refractivity contribution in [3.8, 4) is 0 Å². The molecule has 0 unspecified atom stereocenters. The summed E-state index contributed by atoms with van der Waals surface area (Å²) in [6, 6.07) is 10.5. The van der Waals surface area contributed by atoms with Crippen LogP contribution in [0.1, 0.15) is 23.2 Å². The number of nitrogens with one attached hydrogen (secondary N) is 3. The number of hydrogen-bond acceptors (Lipinski definition) is 6. The number of carbonyl (C=O) groups is 2. The van der Waals surface area contributed by atoms with Gasteiger partial charge in [0.25, 0.3) is 5.91 Å². The number of furan rings is 1. The standard InChI is InChI=1S/C17H16N4O3S/c1-11(22)19-12-4-6-13(7-5-12)20-16(23)15-10-25-17(21-15)18-9-14-3-2-8-24-14/h2-8,10H,9H2,1H3,(H,18,21)(H,19,22)(H,20,23). The van der Waals surface area contributed by atoms with Gasteiger partial charge in [0.2, 0.25) is 5.91 Å². The summed E-state index contributed by atoms with van der Waals surface area (Å²) in [4.78, 5) is 27.5. The molecule has 8 heteroatoms. The van der Waals surface area contributed by atoms with Gasteiger partial charge in [-0.25, -0.2) is 4.98 Å². The molecule has 0 aliphatic heterocycles. The average Bonchev–Trinajstić information content (AvgIpc) is 3.26. The van der Waals surface area contributed by atoms with E-state index in [2.05, 4.69) is 20.9 Å². The Labute approximate surface area is 148 Å². The highest BCUT2D eigenvalue weighted by Gasteiger charge is 2.11. The molecule has 0 saturated carbocycles. The van der Waals surface area contributed by atoms with Gasteiger partial charge in [0.05, 0.1) is 12.8 Å². The molecule has 3 aromatic rings.